The van der Waals surface area contributed by atoms with E-state index in [0.29, 0.717) is 25.2 Å². The third-order valence-corrected chi connectivity index (χ3v) is 3.88. The van der Waals surface area contributed by atoms with E-state index in [2.05, 4.69) is 10.6 Å². The Kier molecular flexibility index (Phi) is 6.00. The predicted octanol–water partition coefficient (Wildman–Crippen LogP) is 0.232. The number of carbonyl (C=O) groups excluding carboxylic acids is 3. The van der Waals surface area contributed by atoms with Gasteiger partial charge in [0.1, 0.15) is 6.04 Å². The van der Waals surface area contributed by atoms with Crippen LogP contribution in [0.2, 0.25) is 0 Å². The number of rotatable bonds is 5. The lowest BCUT2D eigenvalue weighted by Crippen LogP contribution is -2.47. The molecular weight excluding hydrogens is 312 g/mol. The van der Waals surface area contributed by atoms with E-state index >= 15 is 0 Å². The molecule has 0 aliphatic carbocycles. The van der Waals surface area contributed by atoms with Gasteiger partial charge in [0.2, 0.25) is 5.91 Å². The van der Waals surface area contributed by atoms with Crippen molar-refractivity contribution in [3.63, 3.8) is 0 Å². The maximum atomic E-state index is 12.2. The lowest BCUT2D eigenvalue weighted by Gasteiger charge is -2.22. The first-order valence-corrected chi connectivity index (χ1v) is 7.74. The molecule has 8 heteroatoms. The molecule has 8 nitrogen and oxygen atoms in total. The molecule has 1 unspecified atom stereocenters. The highest BCUT2D eigenvalue weighted by molar-refractivity contribution is 5.88. The summed E-state index contributed by atoms with van der Waals surface area (Å²) in [6, 6.07) is 6.12. The van der Waals surface area contributed by atoms with Crippen molar-refractivity contribution in [2.45, 2.75) is 25.4 Å². The SMILES string of the molecule is COC(=O)C1CCCN1C(=O)CNC(=O)NCc1ccc(N)cc1. The van der Waals surface area contributed by atoms with Gasteiger partial charge in [-0.3, -0.25) is 4.79 Å². The number of carbonyl (C=O) groups is 3. The lowest BCUT2D eigenvalue weighted by atomic mass is 10.2. The molecule has 1 aromatic rings. The average Bonchev–Trinajstić information content (AvgIpc) is 3.08. The van der Waals surface area contributed by atoms with Crippen molar-refractivity contribution in [1.82, 2.24) is 15.5 Å². The quantitative estimate of drug-likeness (QED) is 0.527. The smallest absolute Gasteiger partial charge is 0.328 e. The fourth-order valence-electron chi connectivity index (χ4n) is 2.58. The van der Waals surface area contributed by atoms with E-state index in [9.17, 15) is 14.4 Å². The van der Waals surface area contributed by atoms with Crippen molar-refractivity contribution in [1.29, 1.82) is 0 Å². The number of urea groups is 1. The molecule has 24 heavy (non-hydrogen) atoms. The van der Waals surface area contributed by atoms with Gasteiger partial charge in [-0.2, -0.15) is 0 Å². The topological polar surface area (TPSA) is 114 Å². The molecule has 4 N–H and O–H groups in total. The number of nitrogens with one attached hydrogen (secondary N) is 2. The van der Waals surface area contributed by atoms with Crippen LogP contribution in [-0.4, -0.2) is 49.0 Å². The van der Waals surface area contributed by atoms with Gasteiger partial charge >= 0.3 is 12.0 Å². The zero-order chi connectivity index (χ0) is 17.5. The van der Waals surface area contributed by atoms with Crippen molar-refractivity contribution in [2.24, 2.45) is 0 Å². The Labute approximate surface area is 140 Å². The number of likely N-dealkylation sites (tertiary alicyclic amines) is 1. The van der Waals surface area contributed by atoms with E-state index in [-0.39, 0.29) is 12.5 Å². The minimum atomic E-state index is -0.554. The number of methoxy groups -OCH3 is 1. The van der Waals surface area contributed by atoms with Gasteiger partial charge < -0.3 is 26.0 Å². The zero-order valence-electron chi connectivity index (χ0n) is 13.6. The van der Waals surface area contributed by atoms with Crippen LogP contribution in [-0.2, 0) is 20.9 Å². The van der Waals surface area contributed by atoms with Crippen LogP contribution in [0.15, 0.2) is 24.3 Å². The standard InChI is InChI=1S/C16H22N4O4/c1-24-15(22)13-3-2-8-20(13)14(21)10-19-16(23)18-9-11-4-6-12(17)7-5-11/h4-7,13H,2-3,8-10,17H2,1H3,(H2,18,19,23). The summed E-state index contributed by atoms with van der Waals surface area (Å²) in [5, 5.41) is 5.16. The molecule has 0 saturated carbocycles. The summed E-state index contributed by atoms with van der Waals surface area (Å²) in [5.41, 5.74) is 7.14. The summed E-state index contributed by atoms with van der Waals surface area (Å²) in [6.45, 7) is 0.656. The summed E-state index contributed by atoms with van der Waals surface area (Å²) in [5.74, 6) is -0.723. The number of nitrogens with two attached hydrogens (primary N) is 1. The molecule has 1 aliphatic rings. The first-order chi connectivity index (χ1) is 11.5. The molecule has 1 saturated heterocycles. The maximum absolute atomic E-state index is 12.2. The predicted molar refractivity (Wildman–Crippen MR) is 87.8 cm³/mol. The molecule has 0 radical (unpaired) electrons. The molecule has 0 spiro atoms. The fourth-order valence-corrected chi connectivity index (χ4v) is 2.58. The number of nitrogens with zero attached hydrogens (tertiary/aromatic N) is 1. The second-order valence-corrected chi connectivity index (χ2v) is 5.55. The van der Waals surface area contributed by atoms with E-state index < -0.39 is 18.0 Å². The monoisotopic (exact) mass is 334 g/mol. The highest BCUT2D eigenvalue weighted by Crippen LogP contribution is 2.18. The van der Waals surface area contributed by atoms with E-state index in [1.54, 1.807) is 12.1 Å². The van der Waals surface area contributed by atoms with E-state index in [1.807, 2.05) is 12.1 Å². The fraction of sp³-hybridized carbons (Fsp3) is 0.438. The molecule has 1 fully saturated rings. The van der Waals surface area contributed by atoms with E-state index in [1.165, 1.54) is 12.0 Å². The molecule has 1 heterocycles. The summed E-state index contributed by atoms with van der Waals surface area (Å²) in [6.07, 6.45) is 1.33. The van der Waals surface area contributed by atoms with Crippen molar-refractivity contribution in [3.8, 4) is 0 Å². The van der Waals surface area contributed by atoms with Crippen LogP contribution in [0.25, 0.3) is 0 Å². The summed E-state index contributed by atoms with van der Waals surface area (Å²) in [7, 11) is 1.30. The van der Waals surface area contributed by atoms with Crippen LogP contribution in [0, 0.1) is 0 Å². The van der Waals surface area contributed by atoms with Crippen LogP contribution in [0.1, 0.15) is 18.4 Å². The number of amides is 3. The van der Waals surface area contributed by atoms with E-state index in [0.717, 1.165) is 12.0 Å². The van der Waals surface area contributed by atoms with Crippen molar-refractivity contribution < 1.29 is 19.1 Å². The molecule has 130 valence electrons. The summed E-state index contributed by atoms with van der Waals surface area (Å²) >= 11 is 0. The average molecular weight is 334 g/mol. The molecule has 2 rings (SSSR count). The first-order valence-electron chi connectivity index (χ1n) is 7.74. The first kappa shape index (κ1) is 17.6. The van der Waals surface area contributed by atoms with Gasteiger partial charge in [-0.05, 0) is 30.5 Å². The number of anilines is 1. The molecule has 1 aliphatic heterocycles. The molecule has 0 aromatic heterocycles. The zero-order valence-corrected chi connectivity index (χ0v) is 13.6. The number of nitrogen functional groups attached to an aromatic ring is 1. The number of benzene rings is 1. The van der Waals surface area contributed by atoms with E-state index in [4.69, 9.17) is 10.5 Å². The Morgan fingerprint density at radius 1 is 1.25 bits per heavy atom. The number of esters is 1. The second kappa shape index (κ2) is 8.19. The highest BCUT2D eigenvalue weighted by Gasteiger charge is 2.34. The summed E-state index contributed by atoms with van der Waals surface area (Å²) in [4.78, 5) is 37.0. The van der Waals surface area contributed by atoms with Crippen LogP contribution < -0.4 is 16.4 Å². The number of hydrogen-bond acceptors (Lipinski definition) is 5. The minimum Gasteiger partial charge on any atom is -0.467 e. The third kappa shape index (κ3) is 4.61. The van der Waals surface area contributed by atoms with Gasteiger partial charge in [0.25, 0.3) is 0 Å². The molecule has 3 amide bonds. The number of hydrogen-bond donors (Lipinski definition) is 3. The van der Waals surface area contributed by atoms with Crippen LogP contribution in [0.3, 0.4) is 0 Å². The Hall–Kier alpha value is -2.77. The Morgan fingerprint density at radius 2 is 1.96 bits per heavy atom. The van der Waals surface area contributed by atoms with Gasteiger partial charge in [0.05, 0.1) is 13.7 Å². The van der Waals surface area contributed by atoms with Gasteiger partial charge in [-0.1, -0.05) is 12.1 Å². The highest BCUT2D eigenvalue weighted by atomic mass is 16.5. The normalized spacial score (nSPS) is 16.5. The minimum absolute atomic E-state index is 0.166. The van der Waals surface area contributed by atoms with Gasteiger partial charge in [-0.15, -0.1) is 0 Å². The molecular formula is C16H22N4O4. The Bertz CT molecular complexity index is 603. The Balaban J connectivity index is 1.75. The van der Waals surface area contributed by atoms with Crippen molar-refractivity contribution >= 4 is 23.6 Å². The van der Waals surface area contributed by atoms with Crippen LogP contribution in [0.4, 0.5) is 10.5 Å². The molecule has 0 bridgehead atoms. The Morgan fingerprint density at radius 3 is 2.62 bits per heavy atom. The van der Waals surface area contributed by atoms with Crippen LogP contribution >= 0.6 is 0 Å². The van der Waals surface area contributed by atoms with Gasteiger partial charge in [0, 0.05) is 18.8 Å². The number of ether oxygens (including phenoxy) is 1. The van der Waals surface area contributed by atoms with Gasteiger partial charge in [-0.25, -0.2) is 9.59 Å². The second-order valence-electron chi connectivity index (χ2n) is 5.55. The maximum Gasteiger partial charge on any atom is 0.328 e. The van der Waals surface area contributed by atoms with Crippen molar-refractivity contribution in [2.75, 3.05) is 25.9 Å². The largest absolute Gasteiger partial charge is 0.467 e. The van der Waals surface area contributed by atoms with Crippen molar-refractivity contribution in [3.05, 3.63) is 29.8 Å². The van der Waals surface area contributed by atoms with Gasteiger partial charge in [0.15, 0.2) is 0 Å². The summed E-state index contributed by atoms with van der Waals surface area (Å²) < 4.78 is 4.69. The molecule has 1 atom stereocenters. The third-order valence-electron chi connectivity index (χ3n) is 3.88. The molecule has 1 aromatic carbocycles. The van der Waals surface area contributed by atoms with Crippen LogP contribution in [0.5, 0.6) is 0 Å². The lowest BCUT2D eigenvalue weighted by molar-refractivity contribution is -0.150.